The van der Waals surface area contributed by atoms with Crippen molar-refractivity contribution in [1.82, 2.24) is 9.88 Å². The van der Waals surface area contributed by atoms with Gasteiger partial charge in [-0.1, -0.05) is 54.1 Å². The average molecular weight is 380 g/mol. The lowest BCUT2D eigenvalue weighted by molar-refractivity contribution is 0.0746. The number of aromatic nitrogens is 1. The Labute approximate surface area is 164 Å². The first-order valence-corrected chi connectivity index (χ1v) is 9.31. The maximum absolute atomic E-state index is 12.9. The lowest BCUT2D eigenvalue weighted by atomic mass is 10.2. The zero-order valence-electron chi connectivity index (χ0n) is 15.2. The van der Waals surface area contributed by atoms with Crippen molar-refractivity contribution in [3.63, 3.8) is 0 Å². The first kappa shape index (κ1) is 18.9. The van der Waals surface area contributed by atoms with E-state index >= 15 is 0 Å². The van der Waals surface area contributed by atoms with E-state index in [1.165, 1.54) is 0 Å². The van der Waals surface area contributed by atoms with Crippen molar-refractivity contribution in [2.45, 2.75) is 20.0 Å². The summed E-state index contributed by atoms with van der Waals surface area (Å²) in [5.74, 6) is -0.0727. The molecule has 0 spiro atoms. The van der Waals surface area contributed by atoms with Gasteiger partial charge in [0.2, 0.25) is 0 Å². The molecule has 0 aliphatic rings. The lowest BCUT2D eigenvalue weighted by Gasteiger charge is -2.21. The normalized spacial score (nSPS) is 10.4. The van der Waals surface area contributed by atoms with E-state index in [-0.39, 0.29) is 5.91 Å². The first-order valence-electron chi connectivity index (χ1n) is 8.93. The van der Waals surface area contributed by atoms with E-state index < -0.39 is 0 Å². The molecule has 3 aromatic rings. The van der Waals surface area contributed by atoms with Gasteiger partial charge in [0.25, 0.3) is 5.91 Å². The Hall–Kier alpha value is -2.85. The number of carbonyl (C=O) groups excluding carboxylic acids is 1. The molecule has 2 aromatic carbocycles. The smallest absolute Gasteiger partial charge is 0.272 e. The van der Waals surface area contributed by atoms with Gasteiger partial charge in [0.15, 0.2) is 0 Å². The fraction of sp³-hybridized carbons (Fsp3) is 0.182. The van der Waals surface area contributed by atoms with Gasteiger partial charge in [-0.15, -0.1) is 0 Å². The molecular weight excluding hydrogens is 358 g/mol. The number of carbonyl (C=O) groups is 1. The number of halogens is 1. The highest BCUT2D eigenvalue weighted by molar-refractivity contribution is 6.30. The number of anilines is 1. The Morgan fingerprint density at radius 1 is 1.04 bits per heavy atom. The lowest BCUT2D eigenvalue weighted by Crippen LogP contribution is -2.31. The van der Waals surface area contributed by atoms with Crippen molar-refractivity contribution < 1.29 is 4.79 Å². The zero-order chi connectivity index (χ0) is 19.1. The van der Waals surface area contributed by atoms with Crippen molar-refractivity contribution in [2.24, 2.45) is 0 Å². The molecule has 5 heteroatoms. The number of nitrogens with one attached hydrogen (secondary N) is 1. The molecule has 0 atom stereocenters. The van der Waals surface area contributed by atoms with Crippen molar-refractivity contribution in [2.75, 3.05) is 11.9 Å². The number of pyridine rings is 1. The summed E-state index contributed by atoms with van der Waals surface area (Å²) < 4.78 is 0. The topological polar surface area (TPSA) is 45.2 Å². The quantitative estimate of drug-likeness (QED) is 0.627. The average Bonchev–Trinajstić information content (AvgIpc) is 2.72. The molecule has 0 aliphatic carbocycles. The summed E-state index contributed by atoms with van der Waals surface area (Å²) in [6, 6.07) is 21.3. The van der Waals surface area contributed by atoms with Crippen LogP contribution < -0.4 is 5.32 Å². The molecule has 27 heavy (non-hydrogen) atoms. The Morgan fingerprint density at radius 3 is 2.48 bits per heavy atom. The molecule has 1 heterocycles. The molecule has 0 radical (unpaired) electrons. The van der Waals surface area contributed by atoms with E-state index in [2.05, 4.69) is 10.3 Å². The molecule has 0 fully saturated rings. The Kier molecular flexibility index (Phi) is 6.44. The van der Waals surface area contributed by atoms with Gasteiger partial charge in [-0.05, 0) is 42.3 Å². The third kappa shape index (κ3) is 5.31. The number of hydrogen-bond donors (Lipinski definition) is 1. The van der Waals surface area contributed by atoms with Crippen LogP contribution in [0.3, 0.4) is 0 Å². The molecule has 0 aliphatic heterocycles. The number of nitrogens with zero attached hydrogens (tertiary/aromatic N) is 2. The number of rotatable bonds is 7. The summed E-state index contributed by atoms with van der Waals surface area (Å²) in [4.78, 5) is 18.9. The van der Waals surface area contributed by atoms with E-state index in [1.807, 2.05) is 67.6 Å². The van der Waals surface area contributed by atoms with E-state index in [0.717, 1.165) is 16.8 Å². The second kappa shape index (κ2) is 9.19. The molecule has 138 valence electrons. The molecule has 0 unspecified atom stereocenters. The summed E-state index contributed by atoms with van der Waals surface area (Å²) in [5, 5.41) is 4.04. The van der Waals surface area contributed by atoms with Crippen LogP contribution in [0.2, 0.25) is 5.02 Å². The summed E-state index contributed by atoms with van der Waals surface area (Å²) in [6.45, 7) is 3.82. The van der Waals surface area contributed by atoms with Gasteiger partial charge in [0.1, 0.15) is 5.69 Å². The highest BCUT2D eigenvalue weighted by Gasteiger charge is 2.16. The molecule has 1 N–H and O–H groups in total. The number of hydrogen-bond acceptors (Lipinski definition) is 3. The standard InChI is InChI=1S/C22H22ClN3O/c1-2-26(16-18-6-4-3-5-7-18)22(27)21-14-20(12-13-24-21)25-15-17-8-10-19(23)11-9-17/h3-14H,2,15-16H2,1H3,(H,24,25). The van der Waals surface area contributed by atoms with E-state index in [0.29, 0.717) is 30.4 Å². The van der Waals surface area contributed by atoms with Crippen LogP contribution >= 0.6 is 11.6 Å². The fourth-order valence-electron chi connectivity index (χ4n) is 2.76. The van der Waals surface area contributed by atoms with Gasteiger partial charge >= 0.3 is 0 Å². The first-order chi connectivity index (χ1) is 13.2. The van der Waals surface area contributed by atoms with Crippen LogP contribution in [0, 0.1) is 0 Å². The van der Waals surface area contributed by atoms with Crippen molar-refractivity contribution in [3.8, 4) is 0 Å². The van der Waals surface area contributed by atoms with Gasteiger partial charge in [-0.2, -0.15) is 0 Å². The van der Waals surface area contributed by atoms with Crippen LogP contribution in [-0.4, -0.2) is 22.3 Å². The van der Waals surface area contributed by atoms with Crippen LogP contribution in [0.25, 0.3) is 0 Å². The maximum atomic E-state index is 12.9. The molecule has 3 rings (SSSR count). The van der Waals surface area contributed by atoms with Crippen molar-refractivity contribution in [3.05, 3.63) is 94.8 Å². The predicted molar refractivity (Wildman–Crippen MR) is 110 cm³/mol. The van der Waals surface area contributed by atoms with Crippen molar-refractivity contribution in [1.29, 1.82) is 0 Å². The van der Waals surface area contributed by atoms with Crippen LogP contribution in [0.4, 0.5) is 5.69 Å². The molecule has 0 saturated heterocycles. The molecule has 0 bridgehead atoms. The second-order valence-electron chi connectivity index (χ2n) is 6.21. The largest absolute Gasteiger partial charge is 0.381 e. The Bertz CT molecular complexity index is 882. The van der Waals surface area contributed by atoms with Crippen LogP contribution in [0.15, 0.2) is 72.9 Å². The van der Waals surface area contributed by atoms with Crippen LogP contribution in [0.5, 0.6) is 0 Å². The summed E-state index contributed by atoms with van der Waals surface area (Å²) >= 11 is 5.92. The predicted octanol–water partition coefficient (Wildman–Crippen LogP) is 5.01. The Morgan fingerprint density at radius 2 is 1.78 bits per heavy atom. The molecule has 1 amide bonds. The minimum Gasteiger partial charge on any atom is -0.381 e. The van der Waals surface area contributed by atoms with Gasteiger partial charge < -0.3 is 10.2 Å². The van der Waals surface area contributed by atoms with Crippen molar-refractivity contribution >= 4 is 23.2 Å². The highest BCUT2D eigenvalue weighted by atomic mass is 35.5. The zero-order valence-corrected chi connectivity index (χ0v) is 16.0. The monoisotopic (exact) mass is 379 g/mol. The highest BCUT2D eigenvalue weighted by Crippen LogP contribution is 2.15. The maximum Gasteiger partial charge on any atom is 0.272 e. The number of benzene rings is 2. The summed E-state index contributed by atoms with van der Waals surface area (Å²) in [6.07, 6.45) is 1.66. The third-order valence-corrected chi connectivity index (χ3v) is 4.53. The van der Waals surface area contributed by atoms with Crippen LogP contribution in [0.1, 0.15) is 28.5 Å². The van der Waals surface area contributed by atoms with Gasteiger partial charge in [-0.25, -0.2) is 0 Å². The molecular formula is C22H22ClN3O. The molecule has 4 nitrogen and oxygen atoms in total. The summed E-state index contributed by atoms with van der Waals surface area (Å²) in [7, 11) is 0. The molecule has 0 saturated carbocycles. The third-order valence-electron chi connectivity index (χ3n) is 4.27. The Balaban J connectivity index is 1.67. The second-order valence-corrected chi connectivity index (χ2v) is 6.65. The summed E-state index contributed by atoms with van der Waals surface area (Å²) in [5.41, 5.74) is 3.51. The van der Waals surface area contributed by atoms with Gasteiger partial charge in [0.05, 0.1) is 0 Å². The van der Waals surface area contributed by atoms with Gasteiger partial charge in [0, 0.05) is 36.5 Å². The van der Waals surface area contributed by atoms with E-state index in [1.54, 1.807) is 17.2 Å². The SMILES string of the molecule is CCN(Cc1ccccc1)C(=O)c1cc(NCc2ccc(Cl)cc2)ccn1. The van der Waals surface area contributed by atoms with Gasteiger partial charge in [-0.3, -0.25) is 9.78 Å². The van der Waals surface area contributed by atoms with E-state index in [4.69, 9.17) is 11.6 Å². The van der Waals surface area contributed by atoms with Crippen LogP contribution in [-0.2, 0) is 13.1 Å². The minimum atomic E-state index is -0.0727. The molecule has 1 aromatic heterocycles. The minimum absolute atomic E-state index is 0.0727. The van der Waals surface area contributed by atoms with E-state index in [9.17, 15) is 4.79 Å². The fourth-order valence-corrected chi connectivity index (χ4v) is 2.88. The number of amides is 1.